The number of aryl methyl sites for hydroxylation is 1. The number of hydrogen-bond acceptors (Lipinski definition) is 1. The standard InChI is InChI=1S/C46H40N2/c1-27-13-10-14-28(23-27)47(29-21-22-32-31-15-8-9-17-35(31)44(2,3)39(32)25-29)30-24-34-33-16-11-18-36-41(33)48-42(34)40(26-30)46(6,7)38-20-12-19-37(43(38)48)45(36,4)5/h8-26H,1-7H3. The zero-order chi connectivity index (χ0) is 32.9. The van der Waals surface area contributed by atoms with E-state index in [1.54, 1.807) is 0 Å². The van der Waals surface area contributed by atoms with Gasteiger partial charge in [-0.2, -0.15) is 0 Å². The first kappa shape index (κ1) is 28.0. The van der Waals surface area contributed by atoms with Crippen LogP contribution in [0.2, 0.25) is 0 Å². The van der Waals surface area contributed by atoms with Crippen molar-refractivity contribution in [3.05, 3.63) is 154 Å². The molecule has 0 spiro atoms. The van der Waals surface area contributed by atoms with E-state index in [4.69, 9.17) is 0 Å². The second-order valence-electron chi connectivity index (χ2n) is 16.0. The van der Waals surface area contributed by atoms with Gasteiger partial charge < -0.3 is 9.47 Å². The number of nitrogens with zero attached hydrogens (tertiary/aromatic N) is 2. The number of hydrogen-bond donors (Lipinski definition) is 0. The Hall–Kier alpha value is -5.08. The van der Waals surface area contributed by atoms with Gasteiger partial charge in [0.05, 0.1) is 16.7 Å². The first-order valence-electron chi connectivity index (χ1n) is 17.4. The van der Waals surface area contributed by atoms with Gasteiger partial charge in [0.25, 0.3) is 0 Å². The minimum atomic E-state index is -0.183. The Morgan fingerprint density at radius 3 is 1.81 bits per heavy atom. The van der Waals surface area contributed by atoms with Crippen molar-refractivity contribution in [2.45, 2.75) is 64.7 Å². The van der Waals surface area contributed by atoms with Gasteiger partial charge in [-0.1, -0.05) is 120 Å². The van der Waals surface area contributed by atoms with Crippen molar-refractivity contribution in [3.8, 4) is 16.8 Å². The molecule has 10 rings (SSSR count). The summed E-state index contributed by atoms with van der Waals surface area (Å²) in [5, 5.41) is 2.67. The quantitative estimate of drug-likeness (QED) is 0.191. The van der Waals surface area contributed by atoms with Gasteiger partial charge in [0.1, 0.15) is 0 Å². The van der Waals surface area contributed by atoms with Crippen molar-refractivity contribution in [1.29, 1.82) is 0 Å². The van der Waals surface area contributed by atoms with E-state index in [0.717, 1.165) is 0 Å². The van der Waals surface area contributed by atoms with Crippen molar-refractivity contribution in [2.75, 3.05) is 4.90 Å². The lowest BCUT2D eigenvalue weighted by Gasteiger charge is -2.42. The van der Waals surface area contributed by atoms with Gasteiger partial charge in [-0.3, -0.25) is 0 Å². The van der Waals surface area contributed by atoms with E-state index in [9.17, 15) is 0 Å². The van der Waals surface area contributed by atoms with Crippen LogP contribution in [0.4, 0.5) is 17.1 Å². The maximum absolute atomic E-state index is 2.62. The topological polar surface area (TPSA) is 8.17 Å². The van der Waals surface area contributed by atoms with Crippen LogP contribution in [0.3, 0.4) is 0 Å². The fraction of sp³-hybridized carbons (Fsp3) is 0.217. The predicted octanol–water partition coefficient (Wildman–Crippen LogP) is 12.1. The average Bonchev–Trinajstić information content (AvgIpc) is 3.52. The van der Waals surface area contributed by atoms with Crippen LogP contribution in [0.1, 0.15) is 80.5 Å². The highest BCUT2D eigenvalue weighted by Crippen LogP contribution is 2.57. The zero-order valence-electron chi connectivity index (χ0n) is 28.9. The summed E-state index contributed by atoms with van der Waals surface area (Å²) in [4.78, 5) is 2.50. The molecule has 234 valence electrons. The molecule has 0 radical (unpaired) electrons. The van der Waals surface area contributed by atoms with Gasteiger partial charge in [-0.15, -0.1) is 0 Å². The molecule has 0 N–H and O–H groups in total. The van der Waals surface area contributed by atoms with Crippen LogP contribution >= 0.6 is 0 Å². The van der Waals surface area contributed by atoms with Crippen LogP contribution in [-0.4, -0.2) is 4.57 Å². The lowest BCUT2D eigenvalue weighted by Crippen LogP contribution is -2.33. The van der Waals surface area contributed by atoms with Gasteiger partial charge in [0.15, 0.2) is 0 Å². The van der Waals surface area contributed by atoms with Gasteiger partial charge in [-0.05, 0) is 93.4 Å². The average molecular weight is 621 g/mol. The van der Waals surface area contributed by atoms with Crippen molar-refractivity contribution in [2.24, 2.45) is 0 Å². The van der Waals surface area contributed by atoms with Gasteiger partial charge in [0.2, 0.25) is 0 Å². The summed E-state index contributed by atoms with van der Waals surface area (Å²) in [6, 6.07) is 44.0. The first-order chi connectivity index (χ1) is 23.0. The summed E-state index contributed by atoms with van der Waals surface area (Å²) < 4.78 is 2.62. The second kappa shape index (κ2) is 8.88. The molecule has 3 aliphatic rings. The fourth-order valence-corrected chi connectivity index (χ4v) is 9.64. The Morgan fingerprint density at radius 2 is 1.02 bits per heavy atom. The van der Waals surface area contributed by atoms with Crippen molar-refractivity contribution < 1.29 is 0 Å². The van der Waals surface area contributed by atoms with E-state index in [1.807, 2.05) is 0 Å². The molecule has 0 saturated heterocycles. The SMILES string of the molecule is Cc1cccc(N(c2ccc3c(c2)C(C)(C)c2ccccc2-3)c2cc3c4c(c2)c2cccc5c2n4-c2c(cccc2C3(C)C)C5(C)C)c1. The number of rotatable bonds is 3. The molecular weight excluding hydrogens is 581 g/mol. The highest BCUT2D eigenvalue weighted by atomic mass is 15.1. The fourth-order valence-electron chi connectivity index (χ4n) is 9.64. The van der Waals surface area contributed by atoms with Gasteiger partial charge in [0, 0.05) is 44.1 Å². The molecule has 6 aromatic carbocycles. The van der Waals surface area contributed by atoms with Crippen molar-refractivity contribution in [3.63, 3.8) is 0 Å². The van der Waals surface area contributed by atoms with Crippen molar-refractivity contribution >= 4 is 38.9 Å². The summed E-state index contributed by atoms with van der Waals surface area (Å²) >= 11 is 0. The van der Waals surface area contributed by atoms with Crippen molar-refractivity contribution in [1.82, 2.24) is 4.57 Å². The van der Waals surface area contributed by atoms with Crippen LogP contribution in [0.15, 0.2) is 115 Å². The zero-order valence-corrected chi connectivity index (χ0v) is 28.9. The Morgan fingerprint density at radius 1 is 0.438 bits per heavy atom. The molecule has 0 amide bonds. The molecule has 48 heavy (non-hydrogen) atoms. The first-order valence-corrected chi connectivity index (χ1v) is 17.4. The summed E-state index contributed by atoms with van der Waals surface area (Å²) in [6.45, 7) is 16.6. The largest absolute Gasteiger partial charge is 0.310 e. The normalized spacial score (nSPS) is 16.7. The Labute approximate surface area is 283 Å². The van der Waals surface area contributed by atoms with E-state index in [1.165, 1.54) is 94.6 Å². The van der Waals surface area contributed by atoms with Crippen LogP contribution in [0, 0.1) is 6.92 Å². The highest BCUT2D eigenvalue weighted by Gasteiger charge is 2.44. The number of para-hydroxylation sites is 2. The lowest BCUT2D eigenvalue weighted by molar-refractivity contribution is 0.593. The summed E-state index contributed by atoms with van der Waals surface area (Å²) in [5.74, 6) is 0. The molecule has 2 aliphatic heterocycles. The number of aromatic nitrogens is 1. The third-order valence-electron chi connectivity index (χ3n) is 12.2. The summed E-state index contributed by atoms with van der Waals surface area (Å²) in [6.07, 6.45) is 0. The third-order valence-corrected chi connectivity index (χ3v) is 12.2. The van der Waals surface area contributed by atoms with E-state index < -0.39 is 0 Å². The second-order valence-corrected chi connectivity index (χ2v) is 16.0. The Bertz CT molecular complexity index is 2550. The molecule has 2 nitrogen and oxygen atoms in total. The molecule has 0 fully saturated rings. The Kier molecular flexibility index (Phi) is 5.17. The predicted molar refractivity (Wildman–Crippen MR) is 202 cm³/mol. The molecule has 0 bridgehead atoms. The van der Waals surface area contributed by atoms with E-state index in [2.05, 4.69) is 173 Å². The molecule has 0 unspecified atom stereocenters. The minimum Gasteiger partial charge on any atom is -0.310 e. The van der Waals surface area contributed by atoms with Gasteiger partial charge in [-0.25, -0.2) is 0 Å². The highest BCUT2D eigenvalue weighted by molar-refractivity contribution is 6.15. The van der Waals surface area contributed by atoms with Gasteiger partial charge >= 0.3 is 0 Å². The molecule has 3 heterocycles. The smallest absolute Gasteiger partial charge is 0.0583 e. The number of benzene rings is 6. The monoisotopic (exact) mass is 620 g/mol. The van der Waals surface area contributed by atoms with E-state index >= 15 is 0 Å². The van der Waals surface area contributed by atoms with Crippen LogP contribution in [0.25, 0.3) is 38.6 Å². The molecule has 0 atom stereocenters. The maximum Gasteiger partial charge on any atom is 0.0583 e. The number of anilines is 3. The summed E-state index contributed by atoms with van der Waals surface area (Å²) in [7, 11) is 0. The maximum atomic E-state index is 2.62. The molecule has 0 saturated carbocycles. The molecule has 2 heteroatoms. The third kappa shape index (κ3) is 3.28. The number of fused-ring (bicyclic) bond motifs is 4. The lowest BCUT2D eigenvalue weighted by atomic mass is 9.68. The van der Waals surface area contributed by atoms with Crippen LogP contribution < -0.4 is 4.90 Å². The molecular formula is C46H40N2. The van der Waals surface area contributed by atoms with E-state index in [0.29, 0.717) is 0 Å². The molecule has 1 aromatic heterocycles. The van der Waals surface area contributed by atoms with Crippen LogP contribution in [0.5, 0.6) is 0 Å². The minimum absolute atomic E-state index is 0.0779. The van der Waals surface area contributed by atoms with Crippen LogP contribution in [-0.2, 0) is 16.2 Å². The van der Waals surface area contributed by atoms with E-state index in [-0.39, 0.29) is 16.2 Å². The molecule has 1 aliphatic carbocycles. The Balaban J connectivity index is 1.30. The molecule has 7 aromatic rings. The summed E-state index contributed by atoms with van der Waals surface area (Å²) in [5.41, 5.74) is 19.7.